The van der Waals surface area contributed by atoms with Gasteiger partial charge in [0.1, 0.15) is 5.75 Å². The zero-order valence-corrected chi connectivity index (χ0v) is 19.1. The maximum atomic E-state index is 12.2. The average molecular weight is 426 g/mol. The lowest BCUT2D eigenvalue weighted by Gasteiger charge is -2.30. The van der Waals surface area contributed by atoms with Crippen molar-refractivity contribution in [1.29, 1.82) is 0 Å². The standard InChI is InChI=1S/C21H35N3O4S/c1-6-22-21(24-16-9-8-10-17(12-16)29(25)7-2)23-14-15-11-19(27-4)20(28-5)13-18(15)26-3/h11,13,16-17H,6-10,12,14H2,1-5H3,(H2,22,23,24). The second kappa shape index (κ2) is 11.9. The Bertz CT molecular complexity index is 711. The number of nitrogens with zero attached hydrogens (tertiary/aromatic N) is 1. The van der Waals surface area contributed by atoms with E-state index in [1.54, 1.807) is 21.3 Å². The first-order valence-electron chi connectivity index (χ1n) is 10.3. The molecule has 0 aliphatic heterocycles. The van der Waals surface area contributed by atoms with Crippen molar-refractivity contribution in [2.45, 2.75) is 57.4 Å². The number of benzene rings is 1. The fourth-order valence-electron chi connectivity index (χ4n) is 3.64. The number of guanidine groups is 1. The maximum Gasteiger partial charge on any atom is 0.191 e. The molecule has 1 aliphatic rings. The molecule has 0 spiro atoms. The van der Waals surface area contributed by atoms with Crippen LogP contribution in [-0.2, 0) is 17.3 Å². The van der Waals surface area contributed by atoms with Gasteiger partial charge in [0.05, 0.1) is 27.9 Å². The number of hydrogen-bond donors (Lipinski definition) is 2. The van der Waals surface area contributed by atoms with Gasteiger partial charge in [-0.25, -0.2) is 4.99 Å². The topological polar surface area (TPSA) is 81.2 Å². The van der Waals surface area contributed by atoms with E-state index < -0.39 is 10.8 Å². The lowest BCUT2D eigenvalue weighted by Crippen LogP contribution is -2.46. The van der Waals surface area contributed by atoms with Gasteiger partial charge in [0.15, 0.2) is 17.5 Å². The van der Waals surface area contributed by atoms with Crippen LogP contribution in [0.5, 0.6) is 17.2 Å². The number of nitrogens with one attached hydrogen (secondary N) is 2. The summed E-state index contributed by atoms with van der Waals surface area (Å²) in [6, 6.07) is 4.00. The molecule has 164 valence electrons. The van der Waals surface area contributed by atoms with Gasteiger partial charge >= 0.3 is 0 Å². The monoisotopic (exact) mass is 425 g/mol. The first-order valence-corrected chi connectivity index (χ1v) is 11.6. The molecule has 2 N–H and O–H groups in total. The predicted molar refractivity (Wildman–Crippen MR) is 119 cm³/mol. The van der Waals surface area contributed by atoms with Gasteiger partial charge < -0.3 is 24.8 Å². The lowest BCUT2D eigenvalue weighted by molar-refractivity contribution is 0.347. The van der Waals surface area contributed by atoms with Gasteiger partial charge in [-0.15, -0.1) is 0 Å². The largest absolute Gasteiger partial charge is 0.496 e. The van der Waals surface area contributed by atoms with Crippen LogP contribution in [-0.4, -0.2) is 55.1 Å². The summed E-state index contributed by atoms with van der Waals surface area (Å²) in [5, 5.41) is 7.12. The number of ether oxygens (including phenoxy) is 3. The molecule has 0 radical (unpaired) electrons. The third-order valence-electron chi connectivity index (χ3n) is 5.16. The molecule has 8 heteroatoms. The van der Waals surface area contributed by atoms with Crippen molar-refractivity contribution in [1.82, 2.24) is 10.6 Å². The van der Waals surface area contributed by atoms with E-state index in [2.05, 4.69) is 10.6 Å². The van der Waals surface area contributed by atoms with Gasteiger partial charge in [0.2, 0.25) is 0 Å². The highest BCUT2D eigenvalue weighted by atomic mass is 32.2. The molecule has 0 amide bonds. The van der Waals surface area contributed by atoms with E-state index in [4.69, 9.17) is 19.2 Å². The highest BCUT2D eigenvalue weighted by Gasteiger charge is 2.26. The Kier molecular flexibility index (Phi) is 9.57. The molecule has 1 aliphatic carbocycles. The van der Waals surface area contributed by atoms with Crippen LogP contribution in [0, 0.1) is 0 Å². The zero-order chi connectivity index (χ0) is 21.2. The molecule has 3 atom stereocenters. The van der Waals surface area contributed by atoms with Crippen molar-refractivity contribution < 1.29 is 18.4 Å². The van der Waals surface area contributed by atoms with Crippen LogP contribution in [0.2, 0.25) is 0 Å². The van der Waals surface area contributed by atoms with Crippen molar-refractivity contribution in [2.75, 3.05) is 33.6 Å². The Balaban J connectivity index is 2.13. The third kappa shape index (κ3) is 6.52. The molecule has 0 heterocycles. The van der Waals surface area contributed by atoms with Crippen molar-refractivity contribution in [3.8, 4) is 17.2 Å². The summed E-state index contributed by atoms with van der Waals surface area (Å²) >= 11 is 0. The minimum atomic E-state index is -0.740. The first-order chi connectivity index (χ1) is 14.1. The zero-order valence-electron chi connectivity index (χ0n) is 18.2. The summed E-state index contributed by atoms with van der Waals surface area (Å²) in [6.45, 7) is 5.25. The molecule has 1 aromatic carbocycles. The maximum absolute atomic E-state index is 12.2. The molecule has 1 saturated carbocycles. The van der Waals surface area contributed by atoms with Crippen LogP contribution < -0.4 is 24.8 Å². The molecule has 0 aromatic heterocycles. The SMILES string of the molecule is CCNC(=NCc1cc(OC)c(OC)cc1OC)NC1CCCC(S(=O)CC)C1. The predicted octanol–water partition coefficient (Wildman–Crippen LogP) is 2.85. The average Bonchev–Trinajstić information content (AvgIpc) is 2.76. The Labute approximate surface area is 177 Å². The molecule has 7 nitrogen and oxygen atoms in total. The molecular weight excluding hydrogens is 390 g/mol. The molecule has 1 aromatic rings. The van der Waals surface area contributed by atoms with Crippen molar-refractivity contribution in [3.05, 3.63) is 17.7 Å². The van der Waals surface area contributed by atoms with Crippen molar-refractivity contribution in [3.63, 3.8) is 0 Å². The second-order valence-corrected chi connectivity index (χ2v) is 9.02. The Morgan fingerprint density at radius 3 is 2.41 bits per heavy atom. The van der Waals surface area contributed by atoms with E-state index in [0.717, 1.165) is 49.5 Å². The third-order valence-corrected chi connectivity index (χ3v) is 6.90. The van der Waals surface area contributed by atoms with Crippen molar-refractivity contribution in [2.24, 2.45) is 4.99 Å². The van der Waals surface area contributed by atoms with Crippen LogP contribution in [0.4, 0.5) is 0 Å². The van der Waals surface area contributed by atoms with Crippen LogP contribution in [0.3, 0.4) is 0 Å². The minimum absolute atomic E-state index is 0.278. The van der Waals surface area contributed by atoms with Crippen LogP contribution in [0.25, 0.3) is 0 Å². The molecule has 0 bridgehead atoms. The number of aliphatic imine (C=N–C) groups is 1. The Morgan fingerprint density at radius 2 is 1.79 bits per heavy atom. The van der Waals surface area contributed by atoms with Crippen LogP contribution >= 0.6 is 0 Å². The minimum Gasteiger partial charge on any atom is -0.496 e. The van der Waals surface area contributed by atoms with Gasteiger partial charge in [0.25, 0.3) is 0 Å². The van der Waals surface area contributed by atoms with Gasteiger partial charge in [-0.2, -0.15) is 0 Å². The molecular formula is C21H35N3O4S. The van der Waals surface area contributed by atoms with Crippen LogP contribution in [0.15, 0.2) is 17.1 Å². The number of hydrogen-bond acceptors (Lipinski definition) is 5. The van der Waals surface area contributed by atoms with Gasteiger partial charge in [-0.1, -0.05) is 13.3 Å². The van der Waals surface area contributed by atoms with E-state index in [1.165, 1.54) is 0 Å². The number of methoxy groups -OCH3 is 3. The van der Waals surface area contributed by atoms with Gasteiger partial charge in [-0.3, -0.25) is 4.21 Å². The molecule has 29 heavy (non-hydrogen) atoms. The lowest BCUT2D eigenvalue weighted by atomic mass is 9.95. The highest BCUT2D eigenvalue weighted by Crippen LogP contribution is 2.35. The fraction of sp³-hybridized carbons (Fsp3) is 0.667. The number of rotatable bonds is 9. The molecule has 3 unspecified atom stereocenters. The van der Waals surface area contributed by atoms with E-state index in [-0.39, 0.29) is 11.3 Å². The summed E-state index contributed by atoms with van der Waals surface area (Å²) in [6.07, 6.45) is 4.14. The van der Waals surface area contributed by atoms with E-state index >= 15 is 0 Å². The van der Waals surface area contributed by atoms with E-state index in [9.17, 15) is 4.21 Å². The Morgan fingerprint density at radius 1 is 1.10 bits per heavy atom. The summed E-state index contributed by atoms with van der Waals surface area (Å²) in [4.78, 5) is 4.75. The smallest absolute Gasteiger partial charge is 0.191 e. The molecule has 2 rings (SSSR count). The second-order valence-electron chi connectivity index (χ2n) is 7.01. The van der Waals surface area contributed by atoms with E-state index in [0.29, 0.717) is 23.8 Å². The summed E-state index contributed by atoms with van der Waals surface area (Å²) < 4.78 is 28.5. The summed E-state index contributed by atoms with van der Waals surface area (Å²) in [5.41, 5.74) is 0.913. The van der Waals surface area contributed by atoms with Crippen molar-refractivity contribution >= 4 is 16.8 Å². The molecule has 0 saturated heterocycles. The highest BCUT2D eigenvalue weighted by molar-refractivity contribution is 7.85. The Hall–Kier alpha value is -1.96. The normalized spacial score (nSPS) is 20.7. The first kappa shape index (κ1) is 23.3. The van der Waals surface area contributed by atoms with Gasteiger partial charge in [-0.05, 0) is 32.3 Å². The van der Waals surface area contributed by atoms with Crippen LogP contribution in [0.1, 0.15) is 45.1 Å². The fourth-order valence-corrected chi connectivity index (χ4v) is 4.99. The molecule has 1 fully saturated rings. The quantitative estimate of drug-likeness (QED) is 0.468. The summed E-state index contributed by atoms with van der Waals surface area (Å²) in [7, 11) is 4.11. The van der Waals surface area contributed by atoms with Gasteiger partial charge in [0, 0.05) is 46.0 Å². The van der Waals surface area contributed by atoms with E-state index in [1.807, 2.05) is 26.0 Å². The summed E-state index contributed by atoms with van der Waals surface area (Å²) in [5.74, 6) is 3.47.